The van der Waals surface area contributed by atoms with Gasteiger partial charge in [0, 0.05) is 25.2 Å². The Labute approximate surface area is 137 Å². The van der Waals surface area contributed by atoms with Crippen LogP contribution in [0, 0.1) is 6.92 Å². The molecule has 23 heavy (non-hydrogen) atoms. The lowest BCUT2D eigenvalue weighted by Crippen LogP contribution is -2.42. The van der Waals surface area contributed by atoms with Crippen molar-refractivity contribution in [2.45, 2.75) is 43.1 Å². The molecule has 5 nitrogen and oxygen atoms in total. The van der Waals surface area contributed by atoms with Crippen LogP contribution in [-0.4, -0.2) is 42.0 Å². The fraction of sp³-hybridized carbons (Fsp3) is 0.471. The first-order valence-corrected chi connectivity index (χ1v) is 9.30. The molecule has 0 atom stereocenters. The van der Waals surface area contributed by atoms with Gasteiger partial charge in [-0.1, -0.05) is 25.0 Å². The van der Waals surface area contributed by atoms with Gasteiger partial charge in [-0.15, -0.1) is 0 Å². The van der Waals surface area contributed by atoms with Crippen molar-refractivity contribution in [3.63, 3.8) is 0 Å². The van der Waals surface area contributed by atoms with Crippen molar-refractivity contribution in [3.05, 3.63) is 36.0 Å². The van der Waals surface area contributed by atoms with Crippen molar-refractivity contribution in [1.29, 1.82) is 0 Å². The number of aryl methyl sites for hydroxylation is 1. The summed E-state index contributed by atoms with van der Waals surface area (Å²) in [6.07, 6.45) is 4.87. The second kappa shape index (κ2) is 5.85. The number of hydrogen-bond donors (Lipinski definition) is 1. The number of benzene rings is 1. The Morgan fingerprint density at radius 2 is 2.00 bits per heavy atom. The van der Waals surface area contributed by atoms with Gasteiger partial charge in [0.05, 0.1) is 11.1 Å². The lowest BCUT2D eigenvalue weighted by atomic mass is 10.0. The van der Waals surface area contributed by atoms with Crippen LogP contribution >= 0.6 is 0 Å². The van der Waals surface area contributed by atoms with Crippen LogP contribution in [0.3, 0.4) is 0 Å². The molecule has 1 aliphatic carbocycles. The van der Waals surface area contributed by atoms with Crippen molar-refractivity contribution in [3.8, 4) is 0 Å². The molecule has 124 valence electrons. The monoisotopic (exact) mass is 334 g/mol. The normalized spacial score (nSPS) is 17.9. The van der Waals surface area contributed by atoms with E-state index >= 15 is 0 Å². The predicted molar refractivity (Wildman–Crippen MR) is 89.7 cm³/mol. The van der Waals surface area contributed by atoms with E-state index in [1.807, 2.05) is 19.1 Å². The summed E-state index contributed by atoms with van der Waals surface area (Å²) in [4.78, 5) is 4.50. The third-order valence-electron chi connectivity index (χ3n) is 4.55. The van der Waals surface area contributed by atoms with Crippen LogP contribution in [0.2, 0.25) is 0 Å². The molecule has 1 heterocycles. The topological polar surface area (TPSA) is 70.5 Å². The molecule has 0 amide bonds. The van der Waals surface area contributed by atoms with E-state index in [0.717, 1.165) is 23.8 Å². The number of pyridine rings is 1. The van der Waals surface area contributed by atoms with Crippen molar-refractivity contribution in [2.24, 2.45) is 0 Å². The number of nitrogens with zero attached hydrogens (tertiary/aromatic N) is 2. The Hall–Kier alpha value is -1.50. The molecule has 1 aromatic carbocycles. The van der Waals surface area contributed by atoms with Gasteiger partial charge in [-0.05, 0) is 37.5 Å². The van der Waals surface area contributed by atoms with Crippen molar-refractivity contribution in [1.82, 2.24) is 9.29 Å². The molecular formula is C17H22N2O3S. The highest BCUT2D eigenvalue weighted by Gasteiger charge is 2.36. The summed E-state index contributed by atoms with van der Waals surface area (Å²) < 4.78 is 27.1. The SMILES string of the molecule is Cc1cnc2c(S(=O)(=O)N(C)CC3(O)CCCC3)cccc2c1. The van der Waals surface area contributed by atoms with Gasteiger partial charge in [-0.3, -0.25) is 4.98 Å². The summed E-state index contributed by atoms with van der Waals surface area (Å²) in [5, 5.41) is 11.3. The van der Waals surface area contributed by atoms with E-state index in [1.54, 1.807) is 18.3 Å². The molecule has 0 aliphatic heterocycles. The van der Waals surface area contributed by atoms with E-state index in [1.165, 1.54) is 11.4 Å². The highest BCUT2D eigenvalue weighted by atomic mass is 32.2. The molecule has 1 aliphatic rings. The first-order valence-electron chi connectivity index (χ1n) is 7.86. The molecule has 2 aromatic rings. The van der Waals surface area contributed by atoms with Crippen LogP contribution in [0.5, 0.6) is 0 Å². The highest BCUT2D eigenvalue weighted by Crippen LogP contribution is 2.32. The fourth-order valence-electron chi connectivity index (χ4n) is 3.31. The van der Waals surface area contributed by atoms with Gasteiger partial charge in [0.15, 0.2) is 0 Å². The maximum absolute atomic E-state index is 12.9. The smallest absolute Gasteiger partial charge is 0.245 e. The van der Waals surface area contributed by atoms with Crippen LogP contribution in [-0.2, 0) is 10.0 Å². The maximum Gasteiger partial charge on any atom is 0.245 e. The van der Waals surface area contributed by atoms with E-state index in [4.69, 9.17) is 0 Å². The van der Waals surface area contributed by atoms with Crippen molar-refractivity contribution >= 4 is 20.9 Å². The van der Waals surface area contributed by atoms with Gasteiger partial charge in [-0.2, -0.15) is 4.31 Å². The zero-order valence-corrected chi connectivity index (χ0v) is 14.3. The summed E-state index contributed by atoms with van der Waals surface area (Å²) in [7, 11) is -2.17. The minimum atomic E-state index is -3.69. The molecule has 6 heteroatoms. The number of rotatable bonds is 4. The number of aromatic nitrogens is 1. The first-order chi connectivity index (χ1) is 10.8. The van der Waals surface area contributed by atoms with Crippen LogP contribution in [0.25, 0.3) is 10.9 Å². The number of sulfonamides is 1. The number of fused-ring (bicyclic) bond motifs is 1. The van der Waals surface area contributed by atoms with Crippen molar-refractivity contribution in [2.75, 3.05) is 13.6 Å². The molecule has 0 saturated heterocycles. The van der Waals surface area contributed by atoms with Crippen LogP contribution < -0.4 is 0 Å². The van der Waals surface area contributed by atoms with Crippen molar-refractivity contribution < 1.29 is 13.5 Å². The van der Waals surface area contributed by atoms with E-state index in [0.29, 0.717) is 18.4 Å². The number of para-hydroxylation sites is 1. The van der Waals surface area contributed by atoms with Gasteiger partial charge in [0.25, 0.3) is 0 Å². The summed E-state index contributed by atoms with van der Waals surface area (Å²) in [6, 6.07) is 7.09. The largest absolute Gasteiger partial charge is 0.389 e. The van der Waals surface area contributed by atoms with Crippen LogP contribution in [0.4, 0.5) is 0 Å². The Morgan fingerprint density at radius 1 is 1.30 bits per heavy atom. The van der Waals surface area contributed by atoms with Gasteiger partial charge >= 0.3 is 0 Å². The summed E-state index contributed by atoms with van der Waals surface area (Å²) in [5.74, 6) is 0. The average molecular weight is 334 g/mol. The number of hydrogen-bond acceptors (Lipinski definition) is 4. The zero-order valence-electron chi connectivity index (χ0n) is 13.5. The first kappa shape index (κ1) is 16.4. The quantitative estimate of drug-likeness (QED) is 0.932. The number of aliphatic hydroxyl groups is 1. The minimum Gasteiger partial charge on any atom is -0.389 e. The Morgan fingerprint density at radius 3 is 2.70 bits per heavy atom. The second-order valence-electron chi connectivity index (χ2n) is 6.53. The molecule has 0 spiro atoms. The van der Waals surface area contributed by atoms with Crippen LogP contribution in [0.1, 0.15) is 31.2 Å². The number of likely N-dealkylation sites (N-methyl/N-ethyl adjacent to an activating group) is 1. The third kappa shape index (κ3) is 3.11. The zero-order chi connectivity index (χ0) is 16.7. The van der Waals surface area contributed by atoms with E-state index < -0.39 is 15.6 Å². The molecule has 0 radical (unpaired) electrons. The second-order valence-corrected chi connectivity index (χ2v) is 8.55. The Balaban J connectivity index is 1.99. The Kier molecular flexibility index (Phi) is 4.16. The van der Waals surface area contributed by atoms with Crippen LogP contribution in [0.15, 0.2) is 35.4 Å². The summed E-state index contributed by atoms with van der Waals surface area (Å²) >= 11 is 0. The summed E-state index contributed by atoms with van der Waals surface area (Å²) in [5.41, 5.74) is 0.556. The van der Waals surface area contributed by atoms with E-state index in [9.17, 15) is 13.5 Å². The predicted octanol–water partition coefficient (Wildman–Crippen LogP) is 2.47. The molecule has 1 N–H and O–H groups in total. The summed E-state index contributed by atoms with van der Waals surface area (Å²) in [6.45, 7) is 2.05. The lowest BCUT2D eigenvalue weighted by molar-refractivity contribution is 0.0333. The third-order valence-corrected chi connectivity index (χ3v) is 6.39. The van der Waals surface area contributed by atoms with E-state index in [2.05, 4.69) is 4.98 Å². The lowest BCUT2D eigenvalue weighted by Gasteiger charge is -2.28. The molecule has 1 aromatic heterocycles. The molecule has 1 fully saturated rings. The molecule has 1 saturated carbocycles. The molecule has 3 rings (SSSR count). The van der Waals surface area contributed by atoms with Gasteiger partial charge in [0.1, 0.15) is 4.90 Å². The highest BCUT2D eigenvalue weighted by molar-refractivity contribution is 7.89. The maximum atomic E-state index is 12.9. The Bertz CT molecular complexity index is 827. The molecular weight excluding hydrogens is 312 g/mol. The van der Waals surface area contributed by atoms with Gasteiger partial charge < -0.3 is 5.11 Å². The average Bonchev–Trinajstić information content (AvgIpc) is 2.92. The van der Waals surface area contributed by atoms with Gasteiger partial charge in [0.2, 0.25) is 10.0 Å². The molecule has 0 unspecified atom stereocenters. The fourth-order valence-corrected chi connectivity index (χ4v) is 4.72. The standard InChI is InChI=1S/C17H22N2O3S/c1-13-10-14-6-5-7-15(16(14)18-11-13)23(21,22)19(2)12-17(20)8-3-4-9-17/h5-7,10-11,20H,3-4,8-9,12H2,1-2H3. The van der Waals surface area contributed by atoms with Gasteiger partial charge in [-0.25, -0.2) is 8.42 Å². The minimum absolute atomic E-state index is 0.123. The van der Waals surface area contributed by atoms with E-state index in [-0.39, 0.29) is 11.4 Å². The molecule has 0 bridgehead atoms.